The molecule has 0 spiro atoms. The highest BCUT2D eigenvalue weighted by Gasteiger charge is 2.24. The van der Waals surface area contributed by atoms with Gasteiger partial charge in [-0.05, 0) is 37.0 Å². The summed E-state index contributed by atoms with van der Waals surface area (Å²) in [5.41, 5.74) is 0.371. The Morgan fingerprint density at radius 3 is 3.04 bits per heavy atom. The quantitative estimate of drug-likeness (QED) is 0.912. The van der Waals surface area contributed by atoms with E-state index in [1.165, 1.54) is 10.6 Å². The summed E-state index contributed by atoms with van der Waals surface area (Å²) in [6.07, 6.45) is 0.892. The molecule has 2 aromatic rings. The molecule has 1 atom stereocenters. The summed E-state index contributed by atoms with van der Waals surface area (Å²) < 4.78 is 28.0. The smallest absolute Gasteiger partial charge is 0.278 e. The number of hydrogen-bond donors (Lipinski definition) is 1. The molecular weight excluding hydrogens is 316 g/mol. The Hall–Kier alpha value is -2.02. The number of amides is 1. The van der Waals surface area contributed by atoms with Crippen LogP contribution in [-0.4, -0.2) is 45.2 Å². The number of rotatable bonds is 5. The number of halogens is 2. The topological polar surface area (TPSA) is 58.4 Å². The molecule has 1 fully saturated rings. The molecule has 1 aliphatic heterocycles. The zero-order valence-electron chi connectivity index (χ0n) is 13.4. The molecule has 0 aromatic carbocycles. The number of alkyl halides is 2. The van der Waals surface area contributed by atoms with Gasteiger partial charge in [0, 0.05) is 44.2 Å². The Balaban J connectivity index is 1.73. The fourth-order valence-corrected chi connectivity index (χ4v) is 3.33. The van der Waals surface area contributed by atoms with E-state index in [0.717, 1.165) is 12.8 Å². The molecule has 1 saturated heterocycles. The lowest BCUT2D eigenvalue weighted by Crippen LogP contribution is -2.41. The lowest BCUT2D eigenvalue weighted by atomic mass is 9.99. The van der Waals surface area contributed by atoms with E-state index in [1.54, 1.807) is 23.2 Å². The van der Waals surface area contributed by atoms with Crippen molar-refractivity contribution in [3.63, 3.8) is 0 Å². The highest BCUT2D eigenvalue weighted by Crippen LogP contribution is 2.27. The van der Waals surface area contributed by atoms with Crippen molar-refractivity contribution in [2.75, 3.05) is 19.7 Å². The molecule has 0 unspecified atom stereocenters. The standard InChI is InChI=1S/C17H21F2N3O2/c18-16(19)14-9-13-4-1-6-20-17(13)22(14)8-5-15(24)21-7-2-3-12(10-21)11-23/h1,4,6,9,12,16,23H,2-3,5,7-8,10-11H2/t12-/m0/s1. The largest absolute Gasteiger partial charge is 0.396 e. The van der Waals surface area contributed by atoms with Gasteiger partial charge >= 0.3 is 0 Å². The molecule has 0 aliphatic carbocycles. The van der Waals surface area contributed by atoms with E-state index in [2.05, 4.69) is 4.98 Å². The average molecular weight is 337 g/mol. The van der Waals surface area contributed by atoms with Crippen molar-refractivity contribution >= 4 is 16.9 Å². The molecule has 130 valence electrons. The fourth-order valence-electron chi connectivity index (χ4n) is 3.33. The SMILES string of the molecule is O=C(CCn1c(C(F)F)cc2cccnc21)N1CCC[C@H](CO)C1. The number of piperidine rings is 1. The summed E-state index contributed by atoms with van der Waals surface area (Å²) in [7, 11) is 0. The van der Waals surface area contributed by atoms with Crippen molar-refractivity contribution in [2.24, 2.45) is 5.92 Å². The van der Waals surface area contributed by atoms with Crippen molar-refractivity contribution < 1.29 is 18.7 Å². The predicted octanol–water partition coefficient (Wildman–Crippen LogP) is 2.59. The first-order valence-corrected chi connectivity index (χ1v) is 8.21. The van der Waals surface area contributed by atoms with Gasteiger partial charge in [-0.15, -0.1) is 0 Å². The van der Waals surface area contributed by atoms with Crippen LogP contribution < -0.4 is 0 Å². The monoisotopic (exact) mass is 337 g/mol. The maximum absolute atomic E-state index is 13.3. The van der Waals surface area contributed by atoms with Gasteiger partial charge in [-0.1, -0.05) is 0 Å². The van der Waals surface area contributed by atoms with Crippen LogP contribution in [-0.2, 0) is 11.3 Å². The maximum Gasteiger partial charge on any atom is 0.278 e. The van der Waals surface area contributed by atoms with Crippen molar-refractivity contribution in [1.82, 2.24) is 14.5 Å². The molecule has 2 aromatic heterocycles. The van der Waals surface area contributed by atoms with Gasteiger partial charge in [0.25, 0.3) is 6.43 Å². The second-order valence-corrected chi connectivity index (χ2v) is 6.22. The van der Waals surface area contributed by atoms with Gasteiger partial charge in [0.1, 0.15) is 5.65 Å². The Bertz CT molecular complexity index is 717. The zero-order valence-corrected chi connectivity index (χ0v) is 13.4. The predicted molar refractivity (Wildman–Crippen MR) is 85.7 cm³/mol. The summed E-state index contributed by atoms with van der Waals surface area (Å²) in [5, 5.41) is 9.90. The first-order valence-electron chi connectivity index (χ1n) is 8.21. The van der Waals surface area contributed by atoms with Gasteiger partial charge < -0.3 is 14.6 Å². The van der Waals surface area contributed by atoms with Crippen LogP contribution in [0.1, 0.15) is 31.4 Å². The van der Waals surface area contributed by atoms with Crippen LogP contribution in [0.5, 0.6) is 0 Å². The molecule has 3 heterocycles. The van der Waals surface area contributed by atoms with Gasteiger partial charge in [0.05, 0.1) is 5.69 Å². The van der Waals surface area contributed by atoms with Gasteiger partial charge in [-0.3, -0.25) is 4.79 Å². The molecule has 0 bridgehead atoms. The van der Waals surface area contributed by atoms with Gasteiger partial charge in [-0.2, -0.15) is 0 Å². The highest BCUT2D eigenvalue weighted by molar-refractivity contribution is 5.79. The summed E-state index contributed by atoms with van der Waals surface area (Å²) in [5.74, 6) is 0.0551. The van der Waals surface area contributed by atoms with Crippen LogP contribution in [0.25, 0.3) is 11.0 Å². The number of carbonyl (C=O) groups excluding carboxylic acids is 1. The Morgan fingerprint density at radius 1 is 1.46 bits per heavy atom. The number of carbonyl (C=O) groups is 1. The lowest BCUT2D eigenvalue weighted by molar-refractivity contribution is -0.133. The Morgan fingerprint density at radius 2 is 2.29 bits per heavy atom. The molecule has 1 N–H and O–H groups in total. The van der Waals surface area contributed by atoms with E-state index in [0.29, 0.717) is 24.1 Å². The third-order valence-electron chi connectivity index (χ3n) is 4.59. The van der Waals surface area contributed by atoms with E-state index in [1.807, 2.05) is 0 Å². The maximum atomic E-state index is 13.3. The fraction of sp³-hybridized carbons (Fsp3) is 0.529. The minimum absolute atomic E-state index is 0.0638. The third-order valence-corrected chi connectivity index (χ3v) is 4.59. The molecule has 0 radical (unpaired) electrons. The summed E-state index contributed by atoms with van der Waals surface area (Å²) in [4.78, 5) is 18.3. The number of hydrogen-bond acceptors (Lipinski definition) is 3. The third kappa shape index (κ3) is 3.40. The molecule has 0 saturated carbocycles. The summed E-state index contributed by atoms with van der Waals surface area (Å²) in [6, 6.07) is 4.87. The first-order chi connectivity index (χ1) is 11.6. The normalized spacial score (nSPS) is 18.5. The number of aromatic nitrogens is 2. The molecule has 5 nitrogen and oxygen atoms in total. The number of aliphatic hydroxyl groups is 1. The molecule has 1 aliphatic rings. The molecule has 3 rings (SSSR count). The highest BCUT2D eigenvalue weighted by atomic mass is 19.3. The molecule has 7 heteroatoms. The number of pyridine rings is 1. The van der Waals surface area contributed by atoms with Crippen molar-refractivity contribution in [3.8, 4) is 0 Å². The van der Waals surface area contributed by atoms with E-state index in [-0.39, 0.29) is 37.1 Å². The molecule has 24 heavy (non-hydrogen) atoms. The van der Waals surface area contributed by atoms with Crippen LogP contribution in [0, 0.1) is 5.92 Å². The Kier molecular flexibility index (Phi) is 5.08. The summed E-state index contributed by atoms with van der Waals surface area (Å²) in [6.45, 7) is 1.47. The first kappa shape index (κ1) is 16.8. The van der Waals surface area contributed by atoms with Crippen LogP contribution in [0.15, 0.2) is 24.4 Å². The lowest BCUT2D eigenvalue weighted by Gasteiger charge is -2.32. The minimum Gasteiger partial charge on any atom is -0.396 e. The number of fused-ring (bicyclic) bond motifs is 1. The van der Waals surface area contributed by atoms with E-state index >= 15 is 0 Å². The van der Waals surface area contributed by atoms with Crippen LogP contribution in [0.4, 0.5) is 8.78 Å². The molecule has 1 amide bonds. The number of aryl methyl sites for hydroxylation is 1. The van der Waals surface area contributed by atoms with Crippen LogP contribution in [0.3, 0.4) is 0 Å². The van der Waals surface area contributed by atoms with Gasteiger partial charge in [0.15, 0.2) is 0 Å². The van der Waals surface area contributed by atoms with Crippen molar-refractivity contribution in [2.45, 2.75) is 32.2 Å². The van der Waals surface area contributed by atoms with E-state index in [4.69, 9.17) is 0 Å². The summed E-state index contributed by atoms with van der Waals surface area (Å²) >= 11 is 0. The zero-order chi connectivity index (χ0) is 17.1. The number of likely N-dealkylation sites (tertiary alicyclic amines) is 1. The minimum atomic E-state index is -2.61. The van der Waals surface area contributed by atoms with Crippen molar-refractivity contribution in [3.05, 3.63) is 30.1 Å². The van der Waals surface area contributed by atoms with Gasteiger partial charge in [-0.25, -0.2) is 13.8 Å². The van der Waals surface area contributed by atoms with E-state index in [9.17, 15) is 18.7 Å². The Labute approximate surface area is 138 Å². The van der Waals surface area contributed by atoms with Crippen molar-refractivity contribution in [1.29, 1.82) is 0 Å². The second-order valence-electron chi connectivity index (χ2n) is 6.22. The van der Waals surface area contributed by atoms with E-state index < -0.39 is 6.43 Å². The second kappa shape index (κ2) is 7.25. The van der Waals surface area contributed by atoms with Gasteiger partial charge in [0.2, 0.25) is 5.91 Å². The number of aliphatic hydroxyl groups excluding tert-OH is 1. The molecular formula is C17H21F2N3O2. The average Bonchev–Trinajstić information content (AvgIpc) is 2.98. The number of nitrogens with zero attached hydrogens (tertiary/aromatic N) is 3. The van der Waals surface area contributed by atoms with Crippen LogP contribution >= 0.6 is 0 Å². The van der Waals surface area contributed by atoms with Crippen LogP contribution in [0.2, 0.25) is 0 Å².